The van der Waals surface area contributed by atoms with Gasteiger partial charge in [-0.05, 0) is 73.9 Å². The summed E-state index contributed by atoms with van der Waals surface area (Å²) in [5.41, 5.74) is 11.0. The average molecular weight is 587 g/mol. The zero-order valence-corrected chi connectivity index (χ0v) is 25.5. The first-order valence-electron chi connectivity index (χ1n) is 16.9. The highest BCUT2D eigenvalue weighted by molar-refractivity contribution is 5.85. The van der Waals surface area contributed by atoms with Crippen molar-refractivity contribution in [2.24, 2.45) is 17.8 Å². The number of para-hydroxylation sites is 2. The fourth-order valence-electron chi connectivity index (χ4n) is 11.5. The number of hydrogen-bond acceptors (Lipinski definition) is 5. The minimum Gasteiger partial charge on any atom is -0.392 e. The molecule has 1 spiro atoms. The van der Waals surface area contributed by atoms with E-state index in [9.17, 15) is 10.2 Å². The summed E-state index contributed by atoms with van der Waals surface area (Å²) in [4.78, 5) is 11.8. The fourth-order valence-corrected chi connectivity index (χ4v) is 11.5. The van der Waals surface area contributed by atoms with Gasteiger partial charge in [-0.25, -0.2) is 0 Å². The predicted molar refractivity (Wildman–Crippen MR) is 173 cm³/mol. The third-order valence-corrected chi connectivity index (χ3v) is 13.2. The summed E-state index contributed by atoms with van der Waals surface area (Å²) in [6.45, 7) is 6.32. The Bertz CT molecular complexity index is 1790. The molecular formula is C38H42N4O2. The van der Waals surface area contributed by atoms with Crippen LogP contribution in [0.2, 0.25) is 0 Å². The first-order valence-corrected chi connectivity index (χ1v) is 16.9. The lowest BCUT2D eigenvalue weighted by atomic mass is 9.52. The van der Waals surface area contributed by atoms with Gasteiger partial charge in [0.05, 0.1) is 24.8 Å². The van der Waals surface area contributed by atoms with Crippen molar-refractivity contribution < 1.29 is 10.2 Å². The van der Waals surface area contributed by atoms with Crippen LogP contribution < -0.4 is 4.90 Å². The molecule has 1 saturated carbocycles. The lowest BCUT2D eigenvalue weighted by Crippen LogP contribution is -2.67. The van der Waals surface area contributed by atoms with Gasteiger partial charge in [-0.3, -0.25) is 9.80 Å². The Morgan fingerprint density at radius 1 is 1.00 bits per heavy atom. The number of hydrogen-bond donors (Lipinski definition) is 3. The molecule has 0 amide bonds. The normalized spacial score (nSPS) is 38.9. The number of aromatic nitrogens is 1. The molecule has 8 atom stereocenters. The van der Waals surface area contributed by atoms with Gasteiger partial charge in [-0.2, -0.15) is 0 Å². The predicted octanol–water partition coefficient (Wildman–Crippen LogP) is 5.06. The minimum absolute atomic E-state index is 0.0565. The molecule has 4 fully saturated rings. The number of piperidine rings is 2. The second kappa shape index (κ2) is 9.20. The van der Waals surface area contributed by atoms with Crippen LogP contribution in [0.3, 0.4) is 0 Å². The molecule has 226 valence electrons. The summed E-state index contributed by atoms with van der Waals surface area (Å²) >= 11 is 0. The van der Waals surface area contributed by atoms with Crippen LogP contribution in [-0.2, 0) is 11.8 Å². The highest BCUT2D eigenvalue weighted by atomic mass is 16.3. The molecule has 7 aliphatic rings. The molecule has 6 nitrogen and oxygen atoms in total. The highest BCUT2D eigenvalue weighted by Crippen LogP contribution is 2.66. The molecule has 2 bridgehead atoms. The van der Waals surface area contributed by atoms with Gasteiger partial charge in [0.15, 0.2) is 0 Å². The van der Waals surface area contributed by atoms with E-state index in [-0.39, 0.29) is 29.9 Å². The summed E-state index contributed by atoms with van der Waals surface area (Å²) in [7, 11) is 0. The van der Waals surface area contributed by atoms with Crippen LogP contribution in [0.5, 0.6) is 0 Å². The first kappa shape index (κ1) is 26.1. The molecule has 10 rings (SSSR count). The standard InChI is InChI=1S/C38H42N4O2/c1-2-22-19-40-14-11-25-24-7-3-5-9-30(24)39-35(25)32(40)17-26(22)28-21-42-31-10-6-4-8-29(31)38-13-15-41-20-23(12-16-43)27(18-33(38)41)34(36(28)44)37(38)42/h2-10,12,21,26-27,32-34,36-37,39,43-44H,11,13-20H2,1H3/b22-2-,23-12-/t26-,27-,32-,33-,34-,36+,37-,38+/m0/s1. The summed E-state index contributed by atoms with van der Waals surface area (Å²) in [6.07, 6.45) is 10.6. The van der Waals surface area contributed by atoms with Crippen LogP contribution in [0.1, 0.15) is 49.0 Å². The summed E-state index contributed by atoms with van der Waals surface area (Å²) < 4.78 is 0. The molecular weight excluding hydrogens is 544 g/mol. The van der Waals surface area contributed by atoms with Crippen molar-refractivity contribution in [3.8, 4) is 0 Å². The van der Waals surface area contributed by atoms with E-state index in [0.717, 1.165) is 51.9 Å². The Balaban J connectivity index is 1.12. The third kappa shape index (κ3) is 3.15. The number of anilines is 1. The molecule has 1 aliphatic carbocycles. The van der Waals surface area contributed by atoms with Gasteiger partial charge >= 0.3 is 0 Å². The van der Waals surface area contributed by atoms with Crippen LogP contribution >= 0.6 is 0 Å². The second-order valence-electron chi connectivity index (χ2n) is 14.6. The smallest absolute Gasteiger partial charge is 0.0827 e. The molecule has 6 aliphatic heterocycles. The quantitative estimate of drug-likeness (QED) is 0.367. The zero-order chi connectivity index (χ0) is 29.3. The number of fused-ring (bicyclic) bond motifs is 9. The molecule has 44 heavy (non-hydrogen) atoms. The Labute approximate surface area is 259 Å². The number of rotatable bonds is 2. The van der Waals surface area contributed by atoms with Crippen molar-refractivity contribution in [2.45, 2.75) is 62.3 Å². The fraction of sp³-hybridized carbons (Fsp3) is 0.474. The van der Waals surface area contributed by atoms with Crippen molar-refractivity contribution in [3.05, 3.63) is 100 Å². The summed E-state index contributed by atoms with van der Waals surface area (Å²) in [5, 5.41) is 24.2. The highest BCUT2D eigenvalue weighted by Gasteiger charge is 2.69. The number of aromatic amines is 1. The Morgan fingerprint density at radius 3 is 2.73 bits per heavy atom. The first-order chi connectivity index (χ1) is 21.6. The number of H-pyrrole nitrogens is 1. The number of nitrogens with one attached hydrogen (secondary N) is 1. The largest absolute Gasteiger partial charge is 0.392 e. The van der Waals surface area contributed by atoms with E-state index in [4.69, 9.17) is 0 Å². The van der Waals surface area contributed by atoms with E-state index < -0.39 is 6.10 Å². The number of aliphatic hydroxyl groups excluding tert-OH is 2. The molecule has 3 N–H and O–H groups in total. The van der Waals surface area contributed by atoms with Crippen LogP contribution in [0.15, 0.2) is 83.6 Å². The van der Waals surface area contributed by atoms with E-state index in [2.05, 4.69) is 93.5 Å². The van der Waals surface area contributed by atoms with Crippen molar-refractivity contribution >= 4 is 16.6 Å². The molecule has 0 unspecified atom stereocenters. The Hall–Kier alpha value is -3.16. The van der Waals surface area contributed by atoms with E-state index in [0.29, 0.717) is 18.0 Å². The molecule has 0 radical (unpaired) electrons. The molecule has 3 aromatic rings. The topological polar surface area (TPSA) is 66.0 Å². The van der Waals surface area contributed by atoms with Gasteiger partial charge in [0.1, 0.15) is 0 Å². The molecule has 7 heterocycles. The van der Waals surface area contributed by atoms with Crippen molar-refractivity contribution in [1.29, 1.82) is 0 Å². The number of nitrogens with zero attached hydrogens (tertiary/aromatic N) is 3. The number of benzene rings is 2. The van der Waals surface area contributed by atoms with Crippen molar-refractivity contribution in [3.63, 3.8) is 0 Å². The van der Waals surface area contributed by atoms with Gasteiger partial charge in [0, 0.05) is 71.4 Å². The van der Waals surface area contributed by atoms with Gasteiger partial charge in [-0.15, -0.1) is 0 Å². The molecule has 1 aromatic heterocycles. The maximum Gasteiger partial charge on any atom is 0.0827 e. The lowest BCUT2D eigenvalue weighted by molar-refractivity contribution is -0.0150. The van der Waals surface area contributed by atoms with Gasteiger partial charge in [-0.1, -0.05) is 59.7 Å². The van der Waals surface area contributed by atoms with E-state index in [1.807, 2.05) is 0 Å². The van der Waals surface area contributed by atoms with E-state index >= 15 is 0 Å². The van der Waals surface area contributed by atoms with E-state index in [1.54, 1.807) is 0 Å². The Morgan fingerprint density at radius 2 is 1.84 bits per heavy atom. The lowest BCUT2D eigenvalue weighted by Gasteiger charge is -2.59. The van der Waals surface area contributed by atoms with Crippen LogP contribution in [-0.4, -0.2) is 76.0 Å². The van der Waals surface area contributed by atoms with Gasteiger partial charge < -0.3 is 20.1 Å². The van der Waals surface area contributed by atoms with E-state index in [1.165, 1.54) is 50.1 Å². The molecule has 6 heteroatoms. The minimum atomic E-state index is -0.500. The van der Waals surface area contributed by atoms with Gasteiger partial charge in [0.2, 0.25) is 0 Å². The third-order valence-electron chi connectivity index (χ3n) is 13.2. The summed E-state index contributed by atoms with van der Waals surface area (Å²) in [5.74, 6) is 0.604. The maximum absolute atomic E-state index is 12.8. The SMILES string of the molecule is C/C=C1/CN2CCc3c([nH]c4ccccc34)[C@@H]2C[C@@H]1C1=CN2c3ccccc3[C@]34CCN5C/C(=C/CO)[C@H](C[C@H]53)[C@@H]([C@@H]1O)[C@H]24. The second-order valence-corrected chi connectivity index (χ2v) is 14.6. The van der Waals surface area contributed by atoms with Crippen LogP contribution in [0.25, 0.3) is 10.9 Å². The summed E-state index contributed by atoms with van der Waals surface area (Å²) in [6, 6.07) is 19.0. The van der Waals surface area contributed by atoms with Crippen molar-refractivity contribution in [1.82, 2.24) is 14.8 Å². The number of allylic oxidation sites excluding steroid dienone is 1. The Kier molecular flexibility index (Phi) is 5.45. The molecule has 3 saturated heterocycles. The average Bonchev–Trinajstić information content (AvgIpc) is 3.73. The van der Waals surface area contributed by atoms with Gasteiger partial charge in [0.25, 0.3) is 0 Å². The van der Waals surface area contributed by atoms with Crippen LogP contribution in [0, 0.1) is 17.8 Å². The van der Waals surface area contributed by atoms with Crippen molar-refractivity contribution in [2.75, 3.05) is 37.7 Å². The molecule has 2 aromatic carbocycles. The van der Waals surface area contributed by atoms with Crippen LogP contribution in [0.4, 0.5) is 5.69 Å². The monoisotopic (exact) mass is 586 g/mol. The number of aliphatic hydroxyl groups is 2. The maximum atomic E-state index is 12.8. The zero-order valence-electron chi connectivity index (χ0n) is 25.5.